The molecule has 5 aromatic rings. The first kappa shape index (κ1) is 29.4. The summed E-state index contributed by atoms with van der Waals surface area (Å²) in [6.45, 7) is 1.46. The molecule has 1 aliphatic heterocycles. The third-order valence-electron chi connectivity index (χ3n) is 10.1. The number of carbonyl (C=O) groups excluding carboxylic acids is 2. The first-order valence-corrected chi connectivity index (χ1v) is 16.0. The zero-order valence-corrected chi connectivity index (χ0v) is 26.5. The van der Waals surface area contributed by atoms with Gasteiger partial charge in [0.1, 0.15) is 22.7 Å². The fourth-order valence-corrected chi connectivity index (χ4v) is 7.42. The number of carbonyl (C=O) groups is 2. The molecule has 12 heteroatoms. The molecule has 3 aliphatic rings. The summed E-state index contributed by atoms with van der Waals surface area (Å²) in [5, 5.41) is 3.31. The van der Waals surface area contributed by atoms with Crippen molar-refractivity contribution in [2.75, 3.05) is 26.1 Å². The number of nitrogens with two attached hydrogens (primary N) is 1. The largest absolute Gasteiger partial charge is 0.494 e. The Balaban J connectivity index is 1.20. The van der Waals surface area contributed by atoms with Gasteiger partial charge in [-0.15, -0.1) is 0 Å². The second kappa shape index (κ2) is 11.1. The number of nitrogens with zero attached hydrogens (tertiary/aromatic N) is 5. The number of piperidine rings is 1. The number of aromatic nitrogens is 4. The fourth-order valence-electron chi connectivity index (χ4n) is 7.42. The first-order chi connectivity index (χ1) is 22.7. The van der Waals surface area contributed by atoms with Gasteiger partial charge in [-0.2, -0.15) is 0 Å². The first-order valence-electron chi connectivity index (χ1n) is 16.0. The number of hydrogen-bond acceptors (Lipinski definition) is 7. The van der Waals surface area contributed by atoms with Gasteiger partial charge in [0, 0.05) is 48.7 Å². The highest BCUT2D eigenvalue weighted by molar-refractivity contribution is 6.00. The van der Waals surface area contributed by atoms with Gasteiger partial charge in [0.2, 0.25) is 0 Å². The van der Waals surface area contributed by atoms with Crippen LogP contribution in [-0.2, 0) is 18.3 Å². The molecule has 242 valence electrons. The number of aryl methyl sites for hydroxylation is 1. The molecule has 1 saturated heterocycles. The van der Waals surface area contributed by atoms with E-state index in [9.17, 15) is 14.0 Å². The molecule has 47 heavy (non-hydrogen) atoms. The Labute approximate surface area is 270 Å². The minimum absolute atomic E-state index is 0.0273. The lowest BCUT2D eigenvalue weighted by Gasteiger charge is -2.27. The highest BCUT2D eigenvalue weighted by Gasteiger charge is 2.47. The fraction of sp³-hybridized carbons (Fsp3) is 0.371. The van der Waals surface area contributed by atoms with Crippen LogP contribution in [-0.4, -0.2) is 68.9 Å². The van der Waals surface area contributed by atoms with E-state index in [4.69, 9.17) is 20.4 Å². The van der Waals surface area contributed by atoms with Gasteiger partial charge in [-0.1, -0.05) is 6.07 Å². The third kappa shape index (κ3) is 4.89. The van der Waals surface area contributed by atoms with Crippen LogP contribution in [0.15, 0.2) is 48.5 Å². The SMILES string of the molecule is COC(=O)Nc1ccc(-c2ccc3cc(-c4nc5cc(C(=O)N6CC7CCC6[C@@H]7N)cc(OC)c5n4C)n(CC4CC4)c3n2)cc1F. The molecule has 2 aromatic carbocycles. The number of halogens is 1. The highest BCUT2D eigenvalue weighted by Crippen LogP contribution is 2.40. The Bertz CT molecular complexity index is 2080. The zero-order chi connectivity index (χ0) is 32.6. The predicted molar refractivity (Wildman–Crippen MR) is 176 cm³/mol. The Morgan fingerprint density at radius 1 is 1.04 bits per heavy atom. The number of benzene rings is 2. The maximum atomic E-state index is 14.9. The summed E-state index contributed by atoms with van der Waals surface area (Å²) in [4.78, 5) is 37.3. The maximum absolute atomic E-state index is 14.9. The van der Waals surface area contributed by atoms with Crippen LogP contribution >= 0.6 is 0 Å². The number of amides is 2. The number of hydrogen-bond donors (Lipinski definition) is 2. The predicted octanol–water partition coefficient (Wildman–Crippen LogP) is 5.55. The zero-order valence-electron chi connectivity index (χ0n) is 26.5. The Morgan fingerprint density at radius 2 is 1.87 bits per heavy atom. The molecule has 11 nitrogen and oxygen atoms in total. The molecule has 3 atom stereocenters. The Kier molecular flexibility index (Phi) is 6.94. The molecule has 0 radical (unpaired) electrons. The van der Waals surface area contributed by atoms with Gasteiger partial charge < -0.3 is 29.2 Å². The van der Waals surface area contributed by atoms with Gasteiger partial charge in [-0.25, -0.2) is 19.2 Å². The molecule has 3 N–H and O–H groups in total. The molecule has 2 amide bonds. The van der Waals surface area contributed by atoms with E-state index in [1.54, 1.807) is 13.2 Å². The standard InChI is InChI=1S/C35H36FN7O4/c1-41-31-26(13-22(15-29(31)46-2)34(44)43-17-21-8-11-27(43)30(21)37)39-33(41)28-14-20-7-9-24(38-32(20)42(28)16-18-4-5-18)19-6-10-25(23(36)12-19)40-35(45)47-3/h6-7,9-10,12-15,18,21,27,30H,4-5,8,11,16-17,37H2,1-3H3,(H,40,45)/t21?,27?,30-/m1/s1. The van der Waals surface area contributed by atoms with Gasteiger partial charge in [-0.3, -0.25) is 10.1 Å². The van der Waals surface area contributed by atoms with Crippen LogP contribution in [0.1, 0.15) is 36.0 Å². The molecule has 4 heterocycles. The summed E-state index contributed by atoms with van der Waals surface area (Å²) in [6, 6.07) is 14.3. The van der Waals surface area contributed by atoms with E-state index < -0.39 is 11.9 Å². The molecule has 3 fully saturated rings. The molecule has 8 rings (SSSR count). The number of ether oxygens (including phenoxy) is 2. The highest BCUT2D eigenvalue weighted by atomic mass is 19.1. The number of pyridine rings is 1. The van der Waals surface area contributed by atoms with E-state index in [2.05, 4.69) is 20.7 Å². The summed E-state index contributed by atoms with van der Waals surface area (Å²) in [5.74, 6) is 1.58. The van der Waals surface area contributed by atoms with Crippen LogP contribution < -0.4 is 15.8 Å². The van der Waals surface area contributed by atoms with Crippen molar-refractivity contribution in [3.63, 3.8) is 0 Å². The number of methoxy groups -OCH3 is 2. The Hall–Kier alpha value is -4.97. The van der Waals surface area contributed by atoms with Gasteiger partial charge in [-0.05, 0) is 80.0 Å². The van der Waals surface area contributed by atoms with Crippen molar-refractivity contribution in [3.8, 4) is 28.5 Å². The normalized spacial score (nSPS) is 20.4. The number of fused-ring (bicyclic) bond motifs is 4. The molecule has 2 saturated carbocycles. The van der Waals surface area contributed by atoms with Crippen LogP contribution in [0.25, 0.3) is 44.8 Å². The van der Waals surface area contributed by atoms with Gasteiger partial charge >= 0.3 is 6.09 Å². The lowest BCUT2D eigenvalue weighted by Crippen LogP contribution is -2.41. The average molecular weight is 638 g/mol. The summed E-state index contributed by atoms with van der Waals surface area (Å²) < 4.78 is 29.5. The number of nitrogens with one attached hydrogen (secondary N) is 1. The number of likely N-dealkylation sites (tertiary alicyclic amines) is 1. The van der Waals surface area contributed by atoms with Crippen LogP contribution in [0, 0.1) is 17.7 Å². The molecule has 3 aromatic heterocycles. The second-order valence-corrected chi connectivity index (χ2v) is 13.0. The monoisotopic (exact) mass is 637 g/mol. The second-order valence-electron chi connectivity index (χ2n) is 13.0. The number of imidazole rings is 1. The summed E-state index contributed by atoms with van der Waals surface area (Å²) >= 11 is 0. The van der Waals surface area contributed by atoms with E-state index in [0.29, 0.717) is 46.5 Å². The summed E-state index contributed by atoms with van der Waals surface area (Å²) in [5.41, 5.74) is 11.3. The number of anilines is 1. The summed E-state index contributed by atoms with van der Waals surface area (Å²) in [6.07, 6.45) is 3.56. The van der Waals surface area contributed by atoms with Crippen molar-refractivity contribution >= 4 is 39.8 Å². The van der Waals surface area contributed by atoms with Gasteiger partial charge in [0.05, 0.1) is 36.8 Å². The Morgan fingerprint density at radius 3 is 2.55 bits per heavy atom. The van der Waals surface area contributed by atoms with Crippen molar-refractivity contribution in [3.05, 3.63) is 59.9 Å². The minimum Gasteiger partial charge on any atom is -0.494 e. The third-order valence-corrected chi connectivity index (χ3v) is 10.1. The quantitative estimate of drug-likeness (QED) is 0.239. The molecule has 2 bridgehead atoms. The topological polar surface area (TPSA) is 130 Å². The maximum Gasteiger partial charge on any atom is 0.411 e. The van der Waals surface area contributed by atoms with Crippen LogP contribution in [0.2, 0.25) is 0 Å². The minimum atomic E-state index is -0.743. The van der Waals surface area contributed by atoms with E-state index >= 15 is 0 Å². The van der Waals surface area contributed by atoms with Crippen LogP contribution in [0.5, 0.6) is 5.75 Å². The lowest BCUT2D eigenvalue weighted by molar-refractivity contribution is 0.0700. The van der Waals surface area contributed by atoms with E-state index in [0.717, 1.165) is 60.3 Å². The summed E-state index contributed by atoms with van der Waals surface area (Å²) in [7, 11) is 4.79. The number of rotatable bonds is 7. The van der Waals surface area contributed by atoms with E-state index in [-0.39, 0.29) is 23.7 Å². The van der Waals surface area contributed by atoms with Crippen LogP contribution in [0.3, 0.4) is 0 Å². The lowest BCUT2D eigenvalue weighted by atomic mass is 10.1. The van der Waals surface area contributed by atoms with Crippen molar-refractivity contribution in [2.24, 2.45) is 24.6 Å². The van der Waals surface area contributed by atoms with Gasteiger partial charge in [0.15, 0.2) is 5.82 Å². The molecular weight excluding hydrogens is 601 g/mol. The van der Waals surface area contributed by atoms with Crippen LogP contribution in [0.4, 0.5) is 14.9 Å². The molecule has 2 unspecified atom stereocenters. The van der Waals surface area contributed by atoms with Gasteiger partial charge in [0.25, 0.3) is 5.91 Å². The van der Waals surface area contributed by atoms with Crippen molar-refractivity contribution < 1.29 is 23.5 Å². The van der Waals surface area contributed by atoms with E-state index in [1.165, 1.54) is 19.2 Å². The smallest absolute Gasteiger partial charge is 0.411 e. The average Bonchev–Trinajstić information content (AvgIpc) is 3.48. The van der Waals surface area contributed by atoms with Crippen molar-refractivity contribution in [1.29, 1.82) is 0 Å². The molecule has 0 spiro atoms. The van der Waals surface area contributed by atoms with E-state index in [1.807, 2.05) is 40.8 Å². The van der Waals surface area contributed by atoms with Crippen molar-refractivity contribution in [1.82, 2.24) is 24.0 Å². The molecule has 2 aliphatic carbocycles. The molecular formula is C35H36FN7O4. The van der Waals surface area contributed by atoms with Crippen molar-refractivity contribution in [2.45, 2.75) is 44.3 Å².